The van der Waals surface area contributed by atoms with Gasteiger partial charge in [-0.2, -0.15) is 4.31 Å². The number of hydrogen-bond donors (Lipinski definition) is 0. The van der Waals surface area contributed by atoms with Gasteiger partial charge in [0.25, 0.3) is 0 Å². The molecule has 0 spiro atoms. The van der Waals surface area contributed by atoms with Crippen molar-refractivity contribution in [2.24, 2.45) is 0 Å². The lowest BCUT2D eigenvalue weighted by atomic mass is 10.0. The topological polar surface area (TPSA) is 37.4 Å². The molecule has 0 aromatic heterocycles. The summed E-state index contributed by atoms with van der Waals surface area (Å²) in [6.07, 6.45) is 2.43. The zero-order valence-corrected chi connectivity index (χ0v) is 13.1. The van der Waals surface area contributed by atoms with Crippen molar-refractivity contribution in [2.75, 3.05) is 13.1 Å². The van der Waals surface area contributed by atoms with Crippen LogP contribution in [0.1, 0.15) is 12.0 Å². The number of hydrogen-bond acceptors (Lipinski definition) is 2. The molecule has 1 aliphatic rings. The maximum atomic E-state index is 13.3. The zero-order valence-electron chi connectivity index (χ0n) is 12.2. The molecule has 0 aliphatic carbocycles. The summed E-state index contributed by atoms with van der Waals surface area (Å²) in [5, 5.41) is 0. The standard InChI is InChI=1S/C17H15F2NO2S/c18-16-7-6-15(12-17(16)19)23(21,22)20-10-8-14(9-11-20)13-4-2-1-3-5-13/h1-8,12H,9-11H2. The van der Waals surface area contributed by atoms with Gasteiger partial charge in [0.05, 0.1) is 4.90 Å². The number of benzene rings is 2. The minimum absolute atomic E-state index is 0.214. The van der Waals surface area contributed by atoms with Crippen LogP contribution in [0.3, 0.4) is 0 Å². The van der Waals surface area contributed by atoms with E-state index in [1.807, 2.05) is 36.4 Å². The van der Waals surface area contributed by atoms with Crippen molar-refractivity contribution in [3.05, 3.63) is 71.8 Å². The minimum atomic E-state index is -3.82. The number of nitrogens with zero attached hydrogens (tertiary/aromatic N) is 1. The van der Waals surface area contributed by atoms with Crippen LogP contribution in [0.25, 0.3) is 5.57 Å². The van der Waals surface area contributed by atoms with Crippen molar-refractivity contribution in [3.8, 4) is 0 Å². The van der Waals surface area contributed by atoms with E-state index >= 15 is 0 Å². The third-order valence-corrected chi connectivity index (χ3v) is 5.71. The second-order valence-corrected chi connectivity index (χ2v) is 7.22. The maximum absolute atomic E-state index is 13.3. The summed E-state index contributed by atoms with van der Waals surface area (Å²) < 4.78 is 52.5. The Morgan fingerprint density at radius 1 is 0.957 bits per heavy atom. The van der Waals surface area contributed by atoms with E-state index in [4.69, 9.17) is 0 Å². The zero-order chi connectivity index (χ0) is 16.4. The molecule has 0 saturated carbocycles. The Morgan fingerprint density at radius 2 is 1.70 bits per heavy atom. The molecule has 0 bridgehead atoms. The summed E-state index contributed by atoms with van der Waals surface area (Å²) in [6.45, 7) is 0.521. The van der Waals surface area contributed by atoms with Crippen LogP contribution in [0.5, 0.6) is 0 Å². The molecule has 6 heteroatoms. The molecule has 3 nitrogen and oxygen atoms in total. The Kier molecular flexibility index (Phi) is 4.28. The van der Waals surface area contributed by atoms with Crippen LogP contribution in [0.4, 0.5) is 8.78 Å². The number of sulfonamides is 1. The fourth-order valence-electron chi connectivity index (χ4n) is 2.57. The highest BCUT2D eigenvalue weighted by atomic mass is 32.2. The lowest BCUT2D eigenvalue weighted by Gasteiger charge is -2.26. The Bertz CT molecular complexity index is 848. The van der Waals surface area contributed by atoms with Gasteiger partial charge in [-0.05, 0) is 35.8 Å². The van der Waals surface area contributed by atoms with E-state index in [-0.39, 0.29) is 11.4 Å². The van der Waals surface area contributed by atoms with Crippen LogP contribution < -0.4 is 0 Å². The first-order chi connectivity index (χ1) is 11.0. The molecule has 2 aromatic rings. The van der Waals surface area contributed by atoms with Gasteiger partial charge in [-0.1, -0.05) is 36.4 Å². The van der Waals surface area contributed by atoms with Crippen LogP contribution in [-0.2, 0) is 10.0 Å². The second-order valence-electron chi connectivity index (χ2n) is 5.28. The lowest BCUT2D eigenvalue weighted by Crippen LogP contribution is -2.34. The molecule has 23 heavy (non-hydrogen) atoms. The molecular weight excluding hydrogens is 320 g/mol. The Labute approximate surface area is 133 Å². The average molecular weight is 335 g/mol. The molecule has 0 fully saturated rings. The smallest absolute Gasteiger partial charge is 0.207 e. The maximum Gasteiger partial charge on any atom is 0.243 e. The Morgan fingerprint density at radius 3 is 2.30 bits per heavy atom. The van der Waals surface area contributed by atoms with Gasteiger partial charge in [-0.3, -0.25) is 0 Å². The van der Waals surface area contributed by atoms with Crippen LogP contribution in [0.15, 0.2) is 59.5 Å². The van der Waals surface area contributed by atoms with Crippen molar-refractivity contribution < 1.29 is 17.2 Å². The van der Waals surface area contributed by atoms with E-state index in [1.54, 1.807) is 0 Å². The Balaban J connectivity index is 1.83. The quantitative estimate of drug-likeness (QED) is 0.862. The number of rotatable bonds is 3. The van der Waals surface area contributed by atoms with Crippen molar-refractivity contribution in [1.82, 2.24) is 4.31 Å². The second kappa shape index (κ2) is 6.22. The fraction of sp³-hybridized carbons (Fsp3) is 0.176. The number of halogens is 2. The molecule has 0 atom stereocenters. The van der Waals surface area contributed by atoms with E-state index < -0.39 is 21.7 Å². The average Bonchev–Trinajstić information content (AvgIpc) is 2.58. The summed E-state index contributed by atoms with van der Waals surface area (Å²) in [7, 11) is -3.82. The first-order valence-corrected chi connectivity index (χ1v) is 8.62. The van der Waals surface area contributed by atoms with Gasteiger partial charge in [0, 0.05) is 13.1 Å². The van der Waals surface area contributed by atoms with Crippen LogP contribution in [0, 0.1) is 11.6 Å². The van der Waals surface area contributed by atoms with Crippen LogP contribution >= 0.6 is 0 Å². The van der Waals surface area contributed by atoms with E-state index in [1.165, 1.54) is 4.31 Å². The molecular formula is C17H15F2NO2S. The first-order valence-electron chi connectivity index (χ1n) is 7.18. The highest BCUT2D eigenvalue weighted by molar-refractivity contribution is 7.89. The molecule has 0 saturated heterocycles. The summed E-state index contributed by atoms with van der Waals surface area (Å²) in [5.74, 6) is -2.22. The van der Waals surface area contributed by atoms with E-state index in [0.717, 1.165) is 29.3 Å². The van der Waals surface area contributed by atoms with Gasteiger partial charge in [-0.25, -0.2) is 17.2 Å². The summed E-state index contributed by atoms with van der Waals surface area (Å²) in [5.41, 5.74) is 2.15. The van der Waals surface area contributed by atoms with E-state index in [9.17, 15) is 17.2 Å². The van der Waals surface area contributed by atoms with Gasteiger partial charge in [0.2, 0.25) is 10.0 Å². The summed E-state index contributed by atoms with van der Waals surface area (Å²) >= 11 is 0. The Hall–Kier alpha value is -2.05. The minimum Gasteiger partial charge on any atom is -0.207 e. The van der Waals surface area contributed by atoms with Gasteiger partial charge in [0.1, 0.15) is 0 Å². The van der Waals surface area contributed by atoms with Crippen LogP contribution in [0.2, 0.25) is 0 Å². The van der Waals surface area contributed by atoms with Gasteiger partial charge < -0.3 is 0 Å². The molecule has 120 valence electrons. The lowest BCUT2D eigenvalue weighted by molar-refractivity contribution is 0.439. The summed E-state index contributed by atoms with van der Waals surface area (Å²) in [6, 6.07) is 12.4. The predicted octanol–water partition coefficient (Wildman–Crippen LogP) is 3.44. The monoisotopic (exact) mass is 335 g/mol. The summed E-state index contributed by atoms with van der Waals surface area (Å²) in [4.78, 5) is -0.229. The van der Waals surface area contributed by atoms with Crippen molar-refractivity contribution in [1.29, 1.82) is 0 Å². The molecule has 3 rings (SSSR count). The molecule has 0 amide bonds. The van der Waals surface area contributed by atoms with Crippen molar-refractivity contribution in [3.63, 3.8) is 0 Å². The van der Waals surface area contributed by atoms with Gasteiger partial charge >= 0.3 is 0 Å². The normalized spacial score (nSPS) is 16.2. The molecule has 1 aliphatic heterocycles. The third-order valence-electron chi connectivity index (χ3n) is 3.85. The first kappa shape index (κ1) is 15.8. The third kappa shape index (κ3) is 3.18. The van der Waals surface area contributed by atoms with E-state index in [0.29, 0.717) is 13.0 Å². The van der Waals surface area contributed by atoms with E-state index in [2.05, 4.69) is 0 Å². The molecule has 0 radical (unpaired) electrons. The molecule has 0 unspecified atom stereocenters. The molecule has 2 aromatic carbocycles. The van der Waals surface area contributed by atoms with Crippen molar-refractivity contribution >= 4 is 15.6 Å². The van der Waals surface area contributed by atoms with Gasteiger partial charge in [-0.15, -0.1) is 0 Å². The molecule has 1 heterocycles. The molecule has 0 N–H and O–H groups in total. The van der Waals surface area contributed by atoms with Crippen LogP contribution in [-0.4, -0.2) is 25.8 Å². The largest absolute Gasteiger partial charge is 0.243 e. The fourth-order valence-corrected chi connectivity index (χ4v) is 3.96. The SMILES string of the molecule is O=S(=O)(c1ccc(F)c(F)c1)N1CC=C(c2ccccc2)CC1. The highest BCUT2D eigenvalue weighted by Gasteiger charge is 2.27. The highest BCUT2D eigenvalue weighted by Crippen LogP contribution is 2.26. The van der Waals surface area contributed by atoms with Crippen molar-refractivity contribution in [2.45, 2.75) is 11.3 Å². The predicted molar refractivity (Wildman–Crippen MR) is 84.2 cm³/mol. The van der Waals surface area contributed by atoms with Gasteiger partial charge in [0.15, 0.2) is 11.6 Å².